The van der Waals surface area contributed by atoms with E-state index in [0.29, 0.717) is 26.1 Å². The minimum Gasteiger partial charge on any atom is -0.444 e. The standard InChI is InChI=1S/C33H63N7O9/c1-24(38-28(43)47-31(2,3)4)17-22-34-18-15-16-21-37-27(42)46-23-25(41)35-19-13-11-12-14-20-36-26(39-29(44)48-32(5,6)7)40-30(45)49-33(8,9)10/h24,34H,11-23H2,1-10H3,(H,35,41)(H,37,42)(H,38,43)(H2,36,39,40,44,45)/t24-/m0/s1. The van der Waals surface area contributed by atoms with Crippen LogP contribution in [0.1, 0.15) is 114 Å². The van der Waals surface area contributed by atoms with Gasteiger partial charge in [0.15, 0.2) is 6.61 Å². The van der Waals surface area contributed by atoms with Crippen LogP contribution in [0, 0.1) is 0 Å². The molecule has 16 heteroatoms. The average molecular weight is 702 g/mol. The number of nitrogens with one attached hydrogen (secondary N) is 6. The van der Waals surface area contributed by atoms with E-state index in [1.165, 1.54) is 0 Å². The molecule has 0 radical (unpaired) electrons. The number of hydrogen-bond acceptors (Lipinski definition) is 10. The molecule has 0 aromatic heterocycles. The van der Waals surface area contributed by atoms with E-state index in [0.717, 1.165) is 51.6 Å². The fraction of sp³-hybridized carbons (Fsp3) is 0.818. The summed E-state index contributed by atoms with van der Waals surface area (Å²) in [6.45, 7) is 20.1. The first kappa shape index (κ1) is 45.2. The average Bonchev–Trinajstić information content (AvgIpc) is 2.91. The Hall–Kier alpha value is -3.82. The lowest BCUT2D eigenvalue weighted by Gasteiger charge is -2.22. The third kappa shape index (κ3) is 31.2. The molecule has 16 nitrogen and oxygen atoms in total. The van der Waals surface area contributed by atoms with Crippen LogP contribution < -0.4 is 31.9 Å². The van der Waals surface area contributed by atoms with Gasteiger partial charge in [0.05, 0.1) is 0 Å². The Morgan fingerprint density at radius 3 is 1.69 bits per heavy atom. The van der Waals surface area contributed by atoms with E-state index >= 15 is 0 Å². The molecule has 5 amide bonds. The number of nitrogens with zero attached hydrogens (tertiary/aromatic N) is 1. The Morgan fingerprint density at radius 2 is 1.10 bits per heavy atom. The molecule has 0 saturated carbocycles. The summed E-state index contributed by atoms with van der Waals surface area (Å²) >= 11 is 0. The number of guanidine groups is 1. The summed E-state index contributed by atoms with van der Waals surface area (Å²) in [4.78, 5) is 63.7. The summed E-state index contributed by atoms with van der Waals surface area (Å²) in [6.07, 6.45) is 2.74. The smallest absolute Gasteiger partial charge is 0.437 e. The first-order valence-corrected chi connectivity index (χ1v) is 17.1. The highest BCUT2D eigenvalue weighted by molar-refractivity contribution is 5.98. The number of unbranched alkanes of at least 4 members (excludes halogenated alkanes) is 4. The molecule has 0 aromatic carbocycles. The van der Waals surface area contributed by atoms with Crippen LogP contribution in [0.5, 0.6) is 0 Å². The Morgan fingerprint density at radius 1 is 0.592 bits per heavy atom. The molecule has 49 heavy (non-hydrogen) atoms. The molecular weight excluding hydrogens is 638 g/mol. The van der Waals surface area contributed by atoms with E-state index in [9.17, 15) is 24.0 Å². The van der Waals surface area contributed by atoms with Gasteiger partial charge < -0.3 is 45.5 Å². The number of rotatable bonds is 18. The van der Waals surface area contributed by atoms with Gasteiger partial charge in [-0.1, -0.05) is 12.8 Å². The van der Waals surface area contributed by atoms with Gasteiger partial charge in [-0.2, -0.15) is 0 Å². The molecule has 0 fully saturated rings. The maximum absolute atomic E-state index is 12.2. The van der Waals surface area contributed by atoms with Crippen molar-refractivity contribution in [1.29, 1.82) is 0 Å². The summed E-state index contributed by atoms with van der Waals surface area (Å²) in [5.41, 5.74) is -1.99. The van der Waals surface area contributed by atoms with Gasteiger partial charge >= 0.3 is 24.4 Å². The van der Waals surface area contributed by atoms with E-state index < -0.39 is 41.2 Å². The molecule has 0 aliphatic carbocycles. The topological polar surface area (TPSA) is 207 Å². The largest absolute Gasteiger partial charge is 0.444 e. The lowest BCUT2D eigenvalue weighted by Crippen LogP contribution is -2.44. The number of hydrogen-bond donors (Lipinski definition) is 6. The summed E-state index contributed by atoms with van der Waals surface area (Å²) in [6, 6.07) is -0.0182. The number of carbonyl (C=O) groups is 5. The fourth-order valence-electron chi connectivity index (χ4n) is 3.75. The first-order valence-electron chi connectivity index (χ1n) is 17.1. The highest BCUT2D eigenvalue weighted by Crippen LogP contribution is 2.09. The van der Waals surface area contributed by atoms with Gasteiger partial charge in [0.1, 0.15) is 16.8 Å². The maximum Gasteiger partial charge on any atom is 0.437 e. The molecular formula is C33H63N7O9. The van der Waals surface area contributed by atoms with Crippen molar-refractivity contribution in [3.05, 3.63) is 0 Å². The maximum atomic E-state index is 12.2. The van der Waals surface area contributed by atoms with Crippen molar-refractivity contribution < 1.29 is 42.9 Å². The van der Waals surface area contributed by atoms with Crippen molar-refractivity contribution in [2.45, 2.75) is 137 Å². The van der Waals surface area contributed by atoms with Crippen molar-refractivity contribution in [3.63, 3.8) is 0 Å². The van der Waals surface area contributed by atoms with Crippen LogP contribution in [-0.4, -0.2) is 98.4 Å². The molecule has 0 spiro atoms. The Labute approximate surface area is 292 Å². The minimum atomic E-state index is -0.846. The van der Waals surface area contributed by atoms with Gasteiger partial charge in [-0.05, 0) is 114 Å². The molecule has 0 heterocycles. The van der Waals surface area contributed by atoms with Crippen LogP contribution in [0.4, 0.5) is 19.2 Å². The predicted molar refractivity (Wildman–Crippen MR) is 187 cm³/mol. The Kier molecular flexibility index (Phi) is 21.7. The quantitative estimate of drug-likeness (QED) is 0.0509. The highest BCUT2D eigenvalue weighted by Gasteiger charge is 2.20. The number of ether oxygens (including phenoxy) is 4. The van der Waals surface area contributed by atoms with Crippen LogP contribution in [-0.2, 0) is 23.7 Å². The van der Waals surface area contributed by atoms with Crippen molar-refractivity contribution in [3.8, 4) is 0 Å². The van der Waals surface area contributed by atoms with E-state index in [1.54, 1.807) is 41.5 Å². The molecule has 0 aliphatic rings. The first-order chi connectivity index (χ1) is 22.6. The van der Waals surface area contributed by atoms with Crippen molar-refractivity contribution in [2.24, 2.45) is 4.99 Å². The monoisotopic (exact) mass is 701 g/mol. The van der Waals surface area contributed by atoms with Gasteiger partial charge in [-0.15, -0.1) is 4.99 Å². The van der Waals surface area contributed by atoms with Gasteiger partial charge in [0, 0.05) is 25.7 Å². The Bertz CT molecular complexity index is 1050. The molecule has 6 N–H and O–H groups in total. The minimum absolute atomic E-state index is 0.0182. The summed E-state index contributed by atoms with van der Waals surface area (Å²) in [7, 11) is 0. The zero-order valence-electron chi connectivity index (χ0n) is 31.4. The molecule has 0 aromatic rings. The zero-order valence-corrected chi connectivity index (χ0v) is 31.4. The number of amides is 5. The lowest BCUT2D eigenvalue weighted by atomic mass is 10.2. The van der Waals surface area contributed by atoms with Crippen molar-refractivity contribution in [2.75, 3.05) is 39.3 Å². The predicted octanol–water partition coefficient (Wildman–Crippen LogP) is 4.47. The van der Waals surface area contributed by atoms with E-state index in [4.69, 9.17) is 18.9 Å². The van der Waals surface area contributed by atoms with Crippen LogP contribution in [0.3, 0.4) is 0 Å². The van der Waals surface area contributed by atoms with Gasteiger partial charge in [-0.25, -0.2) is 19.2 Å². The van der Waals surface area contributed by atoms with E-state index in [-0.39, 0.29) is 24.5 Å². The molecule has 284 valence electrons. The van der Waals surface area contributed by atoms with Crippen LogP contribution in [0.2, 0.25) is 0 Å². The van der Waals surface area contributed by atoms with E-state index in [2.05, 4.69) is 36.9 Å². The molecule has 0 saturated heterocycles. The zero-order chi connectivity index (χ0) is 37.5. The van der Waals surface area contributed by atoms with Gasteiger partial charge in [-0.3, -0.25) is 10.1 Å². The third-order valence-corrected chi connectivity index (χ3v) is 5.84. The third-order valence-electron chi connectivity index (χ3n) is 5.84. The summed E-state index contributed by atoms with van der Waals surface area (Å²) < 4.78 is 20.6. The van der Waals surface area contributed by atoms with Crippen molar-refractivity contribution >= 4 is 36.2 Å². The summed E-state index contributed by atoms with van der Waals surface area (Å²) in [5, 5.41) is 16.8. The number of aliphatic imine (C=N–C) groups is 1. The van der Waals surface area contributed by atoms with Gasteiger partial charge in [0.2, 0.25) is 5.96 Å². The second-order valence-electron chi connectivity index (χ2n) is 14.6. The van der Waals surface area contributed by atoms with Gasteiger partial charge in [0.25, 0.3) is 5.91 Å². The SMILES string of the molecule is C[C@@H](CCNCCCCNC(=O)OCC(=O)NCCCCCCNC(=NC(=O)OC(C)(C)C)NC(=O)OC(C)(C)C)NC(=O)OC(C)(C)C. The second kappa shape index (κ2) is 23.5. The molecule has 0 bridgehead atoms. The number of carbonyl (C=O) groups excluding carboxylic acids is 5. The lowest BCUT2D eigenvalue weighted by molar-refractivity contribution is -0.123. The van der Waals surface area contributed by atoms with Crippen LogP contribution >= 0.6 is 0 Å². The molecule has 0 rings (SSSR count). The van der Waals surface area contributed by atoms with Crippen molar-refractivity contribution in [1.82, 2.24) is 31.9 Å². The molecule has 0 aliphatic heterocycles. The van der Waals surface area contributed by atoms with E-state index in [1.807, 2.05) is 27.7 Å². The van der Waals surface area contributed by atoms with Crippen LogP contribution in [0.25, 0.3) is 0 Å². The molecule has 0 unspecified atom stereocenters. The fourth-order valence-corrected chi connectivity index (χ4v) is 3.75. The number of alkyl carbamates (subject to hydrolysis) is 3. The summed E-state index contributed by atoms with van der Waals surface area (Å²) in [5.74, 6) is -0.447. The second-order valence-corrected chi connectivity index (χ2v) is 14.6. The van der Waals surface area contributed by atoms with Crippen LogP contribution in [0.15, 0.2) is 4.99 Å². The Balaban J connectivity index is 4.00. The normalized spacial score (nSPS) is 12.7. The highest BCUT2D eigenvalue weighted by atomic mass is 16.6. The molecule has 1 atom stereocenters.